The molecule has 28 heavy (non-hydrogen) atoms. The van der Waals surface area contributed by atoms with E-state index in [1.807, 2.05) is 0 Å². The maximum Gasteiger partial charge on any atom is 0.266 e. The Balaban J connectivity index is 1.58. The summed E-state index contributed by atoms with van der Waals surface area (Å²) in [4.78, 5) is 26.0. The van der Waals surface area contributed by atoms with Crippen molar-refractivity contribution in [2.24, 2.45) is 0 Å². The van der Waals surface area contributed by atoms with Crippen LogP contribution < -0.4 is 9.62 Å². The minimum absolute atomic E-state index is 0.0849. The van der Waals surface area contributed by atoms with Crippen LogP contribution in [0.1, 0.15) is 20.7 Å². The fourth-order valence-corrected chi connectivity index (χ4v) is 3.99. The highest BCUT2D eigenvalue weighted by molar-refractivity contribution is 7.92. The summed E-state index contributed by atoms with van der Waals surface area (Å²) in [7, 11) is -3.89. The molecule has 0 aromatic heterocycles. The average Bonchev–Trinajstić information content (AvgIpc) is 2.94. The summed E-state index contributed by atoms with van der Waals surface area (Å²) < 4.78 is 40.1. The van der Waals surface area contributed by atoms with Crippen LogP contribution in [0.15, 0.2) is 77.7 Å². The zero-order chi connectivity index (χ0) is 19.9. The average molecular weight is 396 g/mol. The van der Waals surface area contributed by atoms with Crippen LogP contribution in [0.2, 0.25) is 0 Å². The predicted octanol–water partition coefficient (Wildman–Crippen LogP) is 3.43. The molecule has 140 valence electrons. The first-order valence-corrected chi connectivity index (χ1v) is 9.71. The molecular formula is C20H13FN2O4S. The van der Waals surface area contributed by atoms with E-state index in [1.165, 1.54) is 24.3 Å². The molecule has 0 saturated heterocycles. The lowest BCUT2D eigenvalue weighted by Gasteiger charge is -2.15. The third-order valence-electron chi connectivity index (χ3n) is 4.30. The minimum atomic E-state index is -3.89. The normalized spacial score (nSPS) is 13.5. The minimum Gasteiger partial charge on any atom is -0.280 e. The Hall–Kier alpha value is -3.52. The van der Waals surface area contributed by atoms with E-state index in [4.69, 9.17) is 0 Å². The first kappa shape index (κ1) is 17.9. The van der Waals surface area contributed by atoms with Gasteiger partial charge in [-0.25, -0.2) is 17.7 Å². The maximum atomic E-state index is 13.0. The third kappa shape index (κ3) is 3.03. The van der Waals surface area contributed by atoms with Crippen molar-refractivity contribution in [3.63, 3.8) is 0 Å². The summed E-state index contributed by atoms with van der Waals surface area (Å²) in [6.45, 7) is 0. The number of carbonyl (C=O) groups is 2. The Morgan fingerprint density at radius 2 is 1.29 bits per heavy atom. The second-order valence-electron chi connectivity index (χ2n) is 6.10. The highest BCUT2D eigenvalue weighted by Gasteiger charge is 2.36. The van der Waals surface area contributed by atoms with Crippen molar-refractivity contribution in [1.29, 1.82) is 0 Å². The number of benzene rings is 3. The summed E-state index contributed by atoms with van der Waals surface area (Å²) in [5.41, 5.74) is 1.22. The van der Waals surface area contributed by atoms with Gasteiger partial charge in [0.15, 0.2) is 0 Å². The SMILES string of the molecule is O=C1c2ccccc2C(=O)N1c1ccc(NS(=O)(=O)c2ccc(F)cc2)cc1. The number of hydrogen-bond donors (Lipinski definition) is 1. The van der Waals surface area contributed by atoms with Crippen molar-refractivity contribution >= 4 is 33.2 Å². The largest absolute Gasteiger partial charge is 0.280 e. The van der Waals surface area contributed by atoms with Gasteiger partial charge in [-0.1, -0.05) is 12.1 Å². The van der Waals surface area contributed by atoms with Gasteiger partial charge in [0, 0.05) is 5.69 Å². The van der Waals surface area contributed by atoms with Crippen LogP contribution in [0.3, 0.4) is 0 Å². The van der Waals surface area contributed by atoms with E-state index in [9.17, 15) is 22.4 Å². The van der Waals surface area contributed by atoms with Crippen molar-refractivity contribution in [3.05, 3.63) is 89.7 Å². The summed E-state index contributed by atoms with van der Waals surface area (Å²) >= 11 is 0. The van der Waals surface area contributed by atoms with Gasteiger partial charge < -0.3 is 0 Å². The van der Waals surface area contributed by atoms with Gasteiger partial charge in [-0.05, 0) is 60.7 Å². The fourth-order valence-electron chi connectivity index (χ4n) is 2.93. The van der Waals surface area contributed by atoms with Crippen molar-refractivity contribution in [2.75, 3.05) is 9.62 Å². The number of nitrogens with zero attached hydrogens (tertiary/aromatic N) is 1. The molecule has 1 heterocycles. The van der Waals surface area contributed by atoms with Gasteiger partial charge in [0.1, 0.15) is 5.82 Å². The van der Waals surface area contributed by atoms with Gasteiger partial charge in [0.25, 0.3) is 21.8 Å². The summed E-state index contributed by atoms with van der Waals surface area (Å²) in [5, 5.41) is 0. The molecule has 0 fully saturated rings. The van der Waals surface area contributed by atoms with Gasteiger partial charge >= 0.3 is 0 Å². The Labute approximate surface area is 160 Å². The van der Waals surface area contributed by atoms with E-state index in [-0.39, 0.29) is 10.6 Å². The lowest BCUT2D eigenvalue weighted by atomic mass is 10.1. The number of imide groups is 1. The monoisotopic (exact) mass is 396 g/mol. The summed E-state index contributed by atoms with van der Waals surface area (Å²) in [6, 6.07) is 16.8. The molecule has 0 bridgehead atoms. The van der Waals surface area contributed by atoms with Crippen molar-refractivity contribution in [3.8, 4) is 0 Å². The first-order valence-electron chi connectivity index (χ1n) is 8.23. The Morgan fingerprint density at radius 1 is 0.750 bits per heavy atom. The molecule has 2 amide bonds. The number of fused-ring (bicyclic) bond motifs is 1. The van der Waals surface area contributed by atoms with E-state index in [2.05, 4.69) is 4.72 Å². The zero-order valence-corrected chi connectivity index (χ0v) is 15.1. The molecule has 0 spiro atoms. The Bertz CT molecular complexity index is 1150. The Morgan fingerprint density at radius 3 is 1.82 bits per heavy atom. The summed E-state index contributed by atoms with van der Waals surface area (Å²) in [6.07, 6.45) is 0. The van der Waals surface area contributed by atoms with Crippen LogP contribution in [0.25, 0.3) is 0 Å². The molecule has 1 aliphatic rings. The number of nitrogens with one attached hydrogen (secondary N) is 1. The van der Waals surface area contributed by atoms with Crippen LogP contribution in [-0.2, 0) is 10.0 Å². The second-order valence-corrected chi connectivity index (χ2v) is 7.78. The van der Waals surface area contributed by atoms with E-state index < -0.39 is 27.7 Å². The second kappa shape index (κ2) is 6.58. The van der Waals surface area contributed by atoms with Crippen LogP contribution in [0, 0.1) is 5.82 Å². The molecule has 8 heteroatoms. The molecule has 0 radical (unpaired) electrons. The van der Waals surface area contributed by atoms with Gasteiger partial charge in [0.2, 0.25) is 0 Å². The van der Waals surface area contributed by atoms with E-state index in [0.717, 1.165) is 29.2 Å². The molecule has 6 nitrogen and oxygen atoms in total. The zero-order valence-electron chi connectivity index (χ0n) is 14.3. The molecule has 1 aliphatic heterocycles. The number of anilines is 2. The number of amides is 2. The van der Waals surface area contributed by atoms with Crippen LogP contribution in [0.4, 0.5) is 15.8 Å². The number of carbonyl (C=O) groups excluding carboxylic acids is 2. The van der Waals surface area contributed by atoms with Crippen molar-refractivity contribution in [2.45, 2.75) is 4.90 Å². The molecule has 3 aromatic rings. The highest BCUT2D eigenvalue weighted by atomic mass is 32.2. The van der Waals surface area contributed by atoms with Gasteiger partial charge in [-0.2, -0.15) is 0 Å². The molecule has 0 unspecified atom stereocenters. The Kier molecular flexibility index (Phi) is 4.20. The number of halogens is 1. The number of rotatable bonds is 4. The predicted molar refractivity (Wildman–Crippen MR) is 101 cm³/mol. The number of sulfonamides is 1. The topological polar surface area (TPSA) is 83.6 Å². The molecular weight excluding hydrogens is 383 g/mol. The first-order chi connectivity index (χ1) is 13.4. The van der Waals surface area contributed by atoms with Gasteiger partial charge in [0.05, 0.1) is 21.7 Å². The molecule has 0 aliphatic carbocycles. The molecule has 1 N–H and O–H groups in total. The lowest BCUT2D eigenvalue weighted by Crippen LogP contribution is -2.29. The van der Waals surface area contributed by atoms with Crippen molar-refractivity contribution in [1.82, 2.24) is 0 Å². The third-order valence-corrected chi connectivity index (χ3v) is 5.69. The van der Waals surface area contributed by atoms with Crippen molar-refractivity contribution < 1.29 is 22.4 Å². The summed E-state index contributed by atoms with van der Waals surface area (Å²) in [5.74, 6) is -1.40. The quantitative estimate of drug-likeness (QED) is 0.685. The van der Waals surface area contributed by atoms with E-state index in [1.54, 1.807) is 24.3 Å². The van der Waals surface area contributed by atoms with Crippen LogP contribution in [0.5, 0.6) is 0 Å². The molecule has 0 atom stereocenters. The molecule has 4 rings (SSSR count). The molecule has 3 aromatic carbocycles. The van der Waals surface area contributed by atoms with Crippen LogP contribution >= 0.6 is 0 Å². The maximum absolute atomic E-state index is 13.0. The fraction of sp³-hybridized carbons (Fsp3) is 0. The van der Waals surface area contributed by atoms with Crippen LogP contribution in [-0.4, -0.2) is 20.2 Å². The van der Waals surface area contributed by atoms with E-state index >= 15 is 0 Å². The smallest absolute Gasteiger partial charge is 0.266 e. The lowest BCUT2D eigenvalue weighted by molar-refractivity contribution is 0.0926. The highest BCUT2D eigenvalue weighted by Crippen LogP contribution is 2.29. The molecule has 0 saturated carbocycles. The van der Waals surface area contributed by atoms with Gasteiger partial charge in [-0.3, -0.25) is 14.3 Å². The van der Waals surface area contributed by atoms with E-state index in [0.29, 0.717) is 16.8 Å². The standard InChI is InChI=1S/C20H13FN2O4S/c21-13-5-11-16(12-6-13)28(26,27)22-14-7-9-15(10-8-14)23-19(24)17-3-1-2-4-18(17)20(23)25/h1-12,22H. The van der Waals surface area contributed by atoms with Gasteiger partial charge in [-0.15, -0.1) is 0 Å². The number of hydrogen-bond acceptors (Lipinski definition) is 4.